The molecule has 3 aromatic carbocycles. The Balaban J connectivity index is 1.22. The number of nitrogens with zero attached hydrogens (tertiary/aromatic N) is 1. The molecule has 3 aromatic rings. The van der Waals surface area contributed by atoms with Gasteiger partial charge in [-0.2, -0.15) is 0 Å². The molecule has 1 N–H and O–H groups in total. The summed E-state index contributed by atoms with van der Waals surface area (Å²) in [6.45, 7) is 7.38. The van der Waals surface area contributed by atoms with Crippen molar-refractivity contribution in [2.45, 2.75) is 90.0 Å². The normalized spacial score (nSPS) is 24.4. The summed E-state index contributed by atoms with van der Waals surface area (Å²) in [4.78, 5) is 5.24. The molecule has 1 aliphatic heterocycles. The monoisotopic (exact) mass is 576 g/mol. The molecule has 0 saturated carbocycles. The van der Waals surface area contributed by atoms with E-state index in [1.807, 2.05) is 0 Å². The minimum Gasteiger partial charge on any atom is -0.360 e. The van der Waals surface area contributed by atoms with Crippen molar-refractivity contribution in [2.75, 3.05) is 0 Å². The van der Waals surface area contributed by atoms with E-state index in [0.29, 0.717) is 0 Å². The Bertz CT molecular complexity index is 1840. The highest BCUT2D eigenvalue weighted by Crippen LogP contribution is 2.56. The van der Waals surface area contributed by atoms with Gasteiger partial charge in [-0.1, -0.05) is 99.2 Å². The Morgan fingerprint density at radius 1 is 0.841 bits per heavy atom. The highest BCUT2D eigenvalue weighted by Gasteiger charge is 2.42. The summed E-state index contributed by atoms with van der Waals surface area (Å²) in [6, 6.07) is 22.5. The van der Waals surface area contributed by atoms with Crippen molar-refractivity contribution in [3.8, 4) is 0 Å². The van der Waals surface area contributed by atoms with E-state index in [0.717, 1.165) is 30.3 Å². The van der Waals surface area contributed by atoms with Crippen molar-refractivity contribution < 1.29 is 0 Å². The topological polar surface area (TPSA) is 24.4 Å². The number of amidine groups is 1. The van der Waals surface area contributed by atoms with Crippen molar-refractivity contribution in [1.29, 1.82) is 0 Å². The maximum absolute atomic E-state index is 5.24. The highest BCUT2D eigenvalue weighted by molar-refractivity contribution is 6.06. The Morgan fingerprint density at radius 2 is 1.64 bits per heavy atom. The lowest BCUT2D eigenvalue weighted by molar-refractivity contribution is 0.473. The third-order valence-electron chi connectivity index (χ3n) is 11.0. The predicted octanol–water partition coefficient (Wildman–Crippen LogP) is 10.7. The molecular formula is C42H44N2. The van der Waals surface area contributed by atoms with E-state index >= 15 is 0 Å². The van der Waals surface area contributed by atoms with Gasteiger partial charge in [0.2, 0.25) is 0 Å². The lowest BCUT2D eigenvalue weighted by atomic mass is 9.75. The molecule has 222 valence electrons. The first-order valence-electron chi connectivity index (χ1n) is 17.0. The van der Waals surface area contributed by atoms with Crippen LogP contribution in [-0.4, -0.2) is 11.9 Å². The molecule has 0 bridgehead atoms. The molecule has 0 saturated heterocycles. The van der Waals surface area contributed by atoms with Crippen LogP contribution in [0.15, 0.2) is 107 Å². The summed E-state index contributed by atoms with van der Waals surface area (Å²) in [5.41, 5.74) is 14.6. The standard InChI is InChI=1S/C42H44N2/c1-27-18-23-34-35(24-27)42(2,3)36-25-32-16-10-11-17-33(32)39(40(34)36)30-19-21-31(22-20-30)41-43-37(28-12-6-4-7-13-28)26-38(44-41)29-14-8-5-9-15-29/h4,6-7,10-14,16-17,19,21,25-27,38H,5,8-9,15,18,20,22-24H2,1-3H3,(H,43,44). The Kier molecular flexibility index (Phi) is 6.85. The molecule has 5 aliphatic rings. The van der Waals surface area contributed by atoms with E-state index in [9.17, 15) is 0 Å². The van der Waals surface area contributed by atoms with E-state index in [1.165, 1.54) is 83.6 Å². The van der Waals surface area contributed by atoms with Crippen molar-refractivity contribution in [3.05, 3.63) is 124 Å². The first kappa shape index (κ1) is 27.6. The van der Waals surface area contributed by atoms with Crippen LogP contribution in [0.1, 0.15) is 101 Å². The molecular weight excluding hydrogens is 532 g/mol. The average molecular weight is 577 g/mol. The van der Waals surface area contributed by atoms with Crippen LogP contribution in [0.4, 0.5) is 0 Å². The summed E-state index contributed by atoms with van der Waals surface area (Å²) < 4.78 is 0. The second-order valence-corrected chi connectivity index (χ2v) is 14.2. The van der Waals surface area contributed by atoms with Crippen LogP contribution in [-0.2, 0) is 5.41 Å². The first-order chi connectivity index (χ1) is 21.5. The van der Waals surface area contributed by atoms with Gasteiger partial charge in [-0.3, -0.25) is 0 Å². The SMILES string of the molecule is CC1CCC2=C(C1)C(C)(C)c1cc3ccccc3c(C3=CC=C(C4=NC(c5ccccc5)=CC(C5=CCCCC5)N4)CC3)c12. The van der Waals surface area contributed by atoms with Crippen LogP contribution >= 0.6 is 0 Å². The second-order valence-electron chi connectivity index (χ2n) is 14.2. The van der Waals surface area contributed by atoms with E-state index in [-0.39, 0.29) is 11.5 Å². The van der Waals surface area contributed by atoms with Gasteiger partial charge in [0.05, 0.1) is 11.7 Å². The Morgan fingerprint density at radius 3 is 2.43 bits per heavy atom. The van der Waals surface area contributed by atoms with Crippen molar-refractivity contribution >= 4 is 33.5 Å². The number of nitrogens with one attached hydrogen (secondary N) is 1. The zero-order valence-corrected chi connectivity index (χ0v) is 26.5. The molecule has 2 nitrogen and oxygen atoms in total. The fourth-order valence-corrected chi connectivity index (χ4v) is 8.53. The molecule has 1 heterocycles. The second kappa shape index (κ2) is 10.9. The van der Waals surface area contributed by atoms with Crippen LogP contribution in [0.2, 0.25) is 0 Å². The van der Waals surface area contributed by atoms with Gasteiger partial charge in [0.15, 0.2) is 0 Å². The summed E-state index contributed by atoms with van der Waals surface area (Å²) in [6.07, 6.45) is 20.3. The quantitative estimate of drug-likeness (QED) is 0.307. The average Bonchev–Trinajstić information content (AvgIpc) is 3.29. The summed E-state index contributed by atoms with van der Waals surface area (Å²) >= 11 is 0. The highest BCUT2D eigenvalue weighted by atomic mass is 15.1. The molecule has 8 rings (SSSR count). The fraction of sp³-hybridized carbons (Fsp3) is 0.357. The number of fused-ring (bicyclic) bond motifs is 3. The molecule has 2 atom stereocenters. The fourth-order valence-electron chi connectivity index (χ4n) is 8.53. The van der Waals surface area contributed by atoms with E-state index in [1.54, 1.807) is 22.3 Å². The van der Waals surface area contributed by atoms with Crippen molar-refractivity contribution in [3.63, 3.8) is 0 Å². The Hall–Kier alpha value is -3.91. The zero-order valence-electron chi connectivity index (χ0n) is 26.5. The molecule has 0 spiro atoms. The van der Waals surface area contributed by atoms with E-state index < -0.39 is 0 Å². The van der Waals surface area contributed by atoms with Gasteiger partial charge in [-0.05, 0) is 131 Å². The van der Waals surface area contributed by atoms with Crippen LogP contribution in [0.3, 0.4) is 0 Å². The van der Waals surface area contributed by atoms with E-state index in [2.05, 4.69) is 111 Å². The Labute approximate surface area is 263 Å². The van der Waals surface area contributed by atoms with Gasteiger partial charge in [0.25, 0.3) is 0 Å². The summed E-state index contributed by atoms with van der Waals surface area (Å²) in [5, 5.41) is 6.65. The molecule has 0 fully saturated rings. The number of hydrogen-bond donors (Lipinski definition) is 1. The molecule has 4 aliphatic carbocycles. The molecule has 0 aromatic heterocycles. The van der Waals surface area contributed by atoms with Crippen LogP contribution in [0.5, 0.6) is 0 Å². The smallest absolute Gasteiger partial charge is 0.130 e. The first-order valence-corrected chi connectivity index (χ1v) is 17.0. The maximum atomic E-state index is 5.24. The van der Waals surface area contributed by atoms with Gasteiger partial charge in [0, 0.05) is 5.41 Å². The zero-order chi connectivity index (χ0) is 29.8. The number of allylic oxidation sites excluding steroid dienone is 6. The lowest BCUT2D eigenvalue weighted by Crippen LogP contribution is -2.39. The minimum atomic E-state index is 0.0953. The third-order valence-corrected chi connectivity index (χ3v) is 11.0. The summed E-state index contributed by atoms with van der Waals surface area (Å²) in [5.74, 6) is 1.82. The van der Waals surface area contributed by atoms with Crippen LogP contribution < -0.4 is 5.32 Å². The lowest BCUT2D eigenvalue weighted by Gasteiger charge is -2.30. The van der Waals surface area contributed by atoms with Crippen LogP contribution in [0, 0.1) is 5.92 Å². The van der Waals surface area contributed by atoms with Crippen molar-refractivity contribution in [2.24, 2.45) is 10.9 Å². The molecule has 0 radical (unpaired) electrons. The van der Waals surface area contributed by atoms with Crippen molar-refractivity contribution in [1.82, 2.24) is 5.32 Å². The molecule has 2 heteroatoms. The molecule has 0 amide bonds. The largest absolute Gasteiger partial charge is 0.360 e. The molecule has 44 heavy (non-hydrogen) atoms. The third kappa shape index (κ3) is 4.66. The minimum absolute atomic E-state index is 0.0953. The number of hydrogen-bond acceptors (Lipinski definition) is 2. The number of benzene rings is 3. The van der Waals surface area contributed by atoms with Gasteiger partial charge < -0.3 is 5.32 Å². The number of aliphatic imine (C=N–C) groups is 1. The van der Waals surface area contributed by atoms with Gasteiger partial charge in [-0.15, -0.1) is 0 Å². The van der Waals surface area contributed by atoms with Gasteiger partial charge in [-0.25, -0.2) is 4.99 Å². The molecule has 2 unspecified atom stereocenters. The predicted molar refractivity (Wildman–Crippen MR) is 188 cm³/mol. The summed E-state index contributed by atoms with van der Waals surface area (Å²) in [7, 11) is 0. The van der Waals surface area contributed by atoms with Crippen LogP contribution in [0.25, 0.3) is 27.6 Å². The number of rotatable bonds is 4. The van der Waals surface area contributed by atoms with Gasteiger partial charge >= 0.3 is 0 Å². The maximum Gasteiger partial charge on any atom is 0.130 e. The van der Waals surface area contributed by atoms with E-state index in [4.69, 9.17) is 4.99 Å². The van der Waals surface area contributed by atoms with Gasteiger partial charge in [0.1, 0.15) is 5.84 Å².